The van der Waals surface area contributed by atoms with E-state index in [-0.39, 0.29) is 0 Å². The fourth-order valence-corrected chi connectivity index (χ4v) is 2.24. The topological polar surface area (TPSA) is 53.1 Å². The van der Waals surface area contributed by atoms with E-state index in [1.54, 1.807) is 7.11 Å². The Balaban J connectivity index is 2.65. The number of hydrogen-bond donors (Lipinski definition) is 1. The van der Waals surface area contributed by atoms with Crippen molar-refractivity contribution in [3.05, 3.63) is 34.6 Å². The minimum atomic E-state index is 0.358. The summed E-state index contributed by atoms with van der Waals surface area (Å²) in [5, 5.41) is 0.443. The number of halogens is 1. The van der Waals surface area contributed by atoms with Gasteiger partial charge < -0.3 is 15.0 Å². The van der Waals surface area contributed by atoms with Crippen LogP contribution in [0, 0.1) is 6.92 Å². The van der Waals surface area contributed by atoms with Crippen LogP contribution in [0.15, 0.2) is 18.2 Å². The molecule has 0 spiro atoms. The third-order valence-electron chi connectivity index (χ3n) is 2.95. The van der Waals surface area contributed by atoms with Crippen LogP contribution in [0.5, 0.6) is 5.75 Å². The van der Waals surface area contributed by atoms with Crippen molar-refractivity contribution >= 4 is 11.6 Å². The van der Waals surface area contributed by atoms with Gasteiger partial charge in [0.05, 0.1) is 18.4 Å². The molecule has 5 heteroatoms. The molecule has 4 nitrogen and oxygen atoms in total. The predicted molar refractivity (Wildman–Crippen MR) is 72.8 cm³/mol. The molecule has 0 aliphatic rings. The summed E-state index contributed by atoms with van der Waals surface area (Å²) in [5.41, 5.74) is 8.54. The quantitative estimate of drug-likeness (QED) is 0.928. The lowest BCUT2D eigenvalue weighted by Crippen LogP contribution is -2.05. The van der Waals surface area contributed by atoms with E-state index in [2.05, 4.69) is 4.98 Å². The Morgan fingerprint density at radius 2 is 2.17 bits per heavy atom. The molecule has 0 radical (unpaired) electrons. The van der Waals surface area contributed by atoms with E-state index in [0.717, 1.165) is 28.4 Å². The van der Waals surface area contributed by atoms with E-state index in [9.17, 15) is 0 Å². The lowest BCUT2D eigenvalue weighted by atomic mass is 10.1. The number of benzene rings is 1. The zero-order valence-electron chi connectivity index (χ0n) is 10.7. The second kappa shape index (κ2) is 5.00. The van der Waals surface area contributed by atoms with Gasteiger partial charge in [0.2, 0.25) is 0 Å². The Labute approximate surface area is 111 Å². The minimum Gasteiger partial charge on any atom is -0.496 e. The number of hydrogen-bond acceptors (Lipinski definition) is 3. The Morgan fingerprint density at radius 3 is 2.72 bits per heavy atom. The molecule has 2 aromatic rings. The maximum absolute atomic E-state index is 6.08. The molecule has 0 atom stereocenters. The summed E-state index contributed by atoms with van der Waals surface area (Å²) in [4.78, 5) is 4.37. The molecular formula is C13H16ClN3O. The zero-order valence-corrected chi connectivity index (χ0v) is 11.5. The third kappa shape index (κ3) is 2.09. The van der Waals surface area contributed by atoms with Crippen molar-refractivity contribution in [1.29, 1.82) is 0 Å². The standard InChI is InChI=1S/C13H16ClN3O/c1-8-4-5-11(18-3)9(6-8)13-16-12(14)10(7-15)17(13)2/h4-6H,7,15H2,1-3H3. The summed E-state index contributed by atoms with van der Waals surface area (Å²) in [6, 6.07) is 5.95. The first-order valence-electron chi connectivity index (χ1n) is 5.64. The second-order valence-electron chi connectivity index (χ2n) is 4.14. The second-order valence-corrected chi connectivity index (χ2v) is 4.50. The van der Waals surface area contributed by atoms with Crippen molar-refractivity contribution < 1.29 is 4.74 Å². The molecule has 0 unspecified atom stereocenters. The predicted octanol–water partition coefficient (Wildman–Crippen LogP) is 2.52. The average Bonchev–Trinajstić information content (AvgIpc) is 2.64. The summed E-state index contributed by atoms with van der Waals surface area (Å²) in [6.07, 6.45) is 0. The number of aryl methyl sites for hydroxylation is 1. The molecule has 0 bridgehead atoms. The number of methoxy groups -OCH3 is 1. The van der Waals surface area contributed by atoms with Gasteiger partial charge in [-0.3, -0.25) is 0 Å². The highest BCUT2D eigenvalue weighted by Gasteiger charge is 2.16. The highest BCUT2D eigenvalue weighted by molar-refractivity contribution is 6.30. The normalized spacial score (nSPS) is 10.7. The first-order chi connectivity index (χ1) is 8.58. The van der Waals surface area contributed by atoms with Crippen LogP contribution in [-0.2, 0) is 13.6 Å². The minimum absolute atomic E-state index is 0.358. The number of nitrogens with two attached hydrogens (primary N) is 1. The largest absolute Gasteiger partial charge is 0.496 e. The maximum Gasteiger partial charge on any atom is 0.152 e. The fraction of sp³-hybridized carbons (Fsp3) is 0.308. The van der Waals surface area contributed by atoms with E-state index >= 15 is 0 Å². The highest BCUT2D eigenvalue weighted by atomic mass is 35.5. The monoisotopic (exact) mass is 265 g/mol. The molecule has 0 amide bonds. The van der Waals surface area contributed by atoms with Crippen LogP contribution in [0.3, 0.4) is 0 Å². The zero-order chi connectivity index (χ0) is 13.3. The van der Waals surface area contributed by atoms with E-state index in [1.165, 1.54) is 0 Å². The maximum atomic E-state index is 6.08. The van der Waals surface area contributed by atoms with Crippen molar-refractivity contribution in [3.8, 4) is 17.1 Å². The third-order valence-corrected chi connectivity index (χ3v) is 3.26. The molecule has 1 heterocycles. The van der Waals surface area contributed by atoms with Gasteiger partial charge in [0.15, 0.2) is 5.15 Å². The van der Waals surface area contributed by atoms with Gasteiger partial charge in [-0.25, -0.2) is 4.98 Å². The van der Waals surface area contributed by atoms with Crippen LogP contribution < -0.4 is 10.5 Å². The Morgan fingerprint density at radius 1 is 1.44 bits per heavy atom. The summed E-state index contributed by atoms with van der Waals surface area (Å²) in [7, 11) is 3.54. The molecule has 1 aromatic carbocycles. The highest BCUT2D eigenvalue weighted by Crippen LogP contribution is 2.32. The summed E-state index contributed by atoms with van der Waals surface area (Å²) in [5.74, 6) is 1.54. The van der Waals surface area contributed by atoms with Crippen LogP contribution in [0.4, 0.5) is 0 Å². The van der Waals surface area contributed by atoms with Gasteiger partial charge in [-0.05, 0) is 19.1 Å². The van der Waals surface area contributed by atoms with Gasteiger partial charge in [-0.1, -0.05) is 23.2 Å². The number of nitrogens with zero attached hydrogens (tertiary/aromatic N) is 2. The molecular weight excluding hydrogens is 250 g/mol. The molecule has 1 aromatic heterocycles. The van der Waals surface area contributed by atoms with Gasteiger partial charge in [0.25, 0.3) is 0 Å². The van der Waals surface area contributed by atoms with Crippen molar-refractivity contribution in [1.82, 2.24) is 9.55 Å². The summed E-state index contributed by atoms with van der Waals surface area (Å²) >= 11 is 6.08. The van der Waals surface area contributed by atoms with Gasteiger partial charge in [0, 0.05) is 13.6 Å². The first-order valence-corrected chi connectivity index (χ1v) is 6.02. The molecule has 0 aliphatic carbocycles. The SMILES string of the molecule is COc1ccc(C)cc1-c1nc(Cl)c(CN)n1C. The van der Waals surface area contributed by atoms with Crippen LogP contribution in [-0.4, -0.2) is 16.7 Å². The Hall–Kier alpha value is -1.52. The van der Waals surface area contributed by atoms with Crippen molar-refractivity contribution in [2.45, 2.75) is 13.5 Å². The average molecular weight is 266 g/mol. The van der Waals surface area contributed by atoms with Crippen molar-refractivity contribution in [2.75, 3.05) is 7.11 Å². The molecule has 2 rings (SSSR count). The van der Waals surface area contributed by atoms with Crippen LogP contribution in [0.25, 0.3) is 11.4 Å². The summed E-state index contributed by atoms with van der Waals surface area (Å²) in [6.45, 7) is 2.38. The Kier molecular flexibility index (Phi) is 3.59. The van der Waals surface area contributed by atoms with Crippen molar-refractivity contribution in [2.24, 2.45) is 12.8 Å². The van der Waals surface area contributed by atoms with Gasteiger partial charge in [-0.15, -0.1) is 0 Å². The molecule has 0 saturated carbocycles. The molecule has 0 saturated heterocycles. The van der Waals surface area contributed by atoms with Gasteiger partial charge >= 0.3 is 0 Å². The van der Waals surface area contributed by atoms with E-state index in [4.69, 9.17) is 22.1 Å². The fourth-order valence-electron chi connectivity index (χ4n) is 1.96. The molecule has 2 N–H and O–H groups in total. The first kappa shape index (κ1) is 12.9. The lowest BCUT2D eigenvalue weighted by Gasteiger charge is -2.10. The number of aromatic nitrogens is 2. The van der Waals surface area contributed by atoms with Crippen LogP contribution in [0.2, 0.25) is 5.15 Å². The number of rotatable bonds is 3. The van der Waals surface area contributed by atoms with E-state index < -0.39 is 0 Å². The van der Waals surface area contributed by atoms with E-state index in [0.29, 0.717) is 11.7 Å². The molecule has 0 fully saturated rings. The number of ether oxygens (including phenoxy) is 1. The van der Waals surface area contributed by atoms with Gasteiger partial charge in [0.1, 0.15) is 11.6 Å². The van der Waals surface area contributed by atoms with Gasteiger partial charge in [-0.2, -0.15) is 0 Å². The summed E-state index contributed by atoms with van der Waals surface area (Å²) < 4.78 is 7.27. The van der Waals surface area contributed by atoms with Crippen molar-refractivity contribution in [3.63, 3.8) is 0 Å². The van der Waals surface area contributed by atoms with E-state index in [1.807, 2.05) is 36.7 Å². The molecule has 18 heavy (non-hydrogen) atoms. The van der Waals surface area contributed by atoms with Crippen LogP contribution >= 0.6 is 11.6 Å². The number of imidazole rings is 1. The Bertz CT molecular complexity index is 578. The van der Waals surface area contributed by atoms with Crippen LogP contribution in [0.1, 0.15) is 11.3 Å². The molecule has 0 aliphatic heterocycles. The lowest BCUT2D eigenvalue weighted by molar-refractivity contribution is 0.416. The smallest absolute Gasteiger partial charge is 0.152 e. The molecule has 96 valence electrons.